The Morgan fingerprint density at radius 2 is 2.25 bits per heavy atom. The van der Waals surface area contributed by atoms with Crippen molar-refractivity contribution in [2.24, 2.45) is 5.10 Å². The van der Waals surface area contributed by atoms with Crippen molar-refractivity contribution in [1.29, 1.82) is 0 Å². The molecule has 1 N–H and O–H groups in total. The zero-order valence-corrected chi connectivity index (χ0v) is 9.27. The average molecular weight is 222 g/mol. The zero-order chi connectivity index (χ0) is 11.8. The lowest BCUT2D eigenvalue weighted by atomic mass is 10.2. The number of hydrogen-bond donors (Lipinski definition) is 1. The Labute approximate surface area is 94.1 Å². The number of ether oxygens (including phenoxy) is 2. The summed E-state index contributed by atoms with van der Waals surface area (Å²) in [4.78, 5) is 10.7. The SMILES string of the molecule is CCOc1ccccc1/C=N\NC(=O)OC. The number of methoxy groups -OCH3 is 1. The summed E-state index contributed by atoms with van der Waals surface area (Å²) in [7, 11) is 1.28. The van der Waals surface area contributed by atoms with E-state index in [-0.39, 0.29) is 0 Å². The Balaban J connectivity index is 2.68. The summed E-state index contributed by atoms with van der Waals surface area (Å²) < 4.78 is 9.76. The van der Waals surface area contributed by atoms with E-state index in [0.29, 0.717) is 6.61 Å². The third kappa shape index (κ3) is 3.61. The van der Waals surface area contributed by atoms with Gasteiger partial charge in [-0.2, -0.15) is 5.10 Å². The van der Waals surface area contributed by atoms with Crippen LogP contribution in [0, 0.1) is 0 Å². The molecule has 86 valence electrons. The molecule has 0 aliphatic rings. The van der Waals surface area contributed by atoms with Gasteiger partial charge < -0.3 is 9.47 Å². The second kappa shape index (κ2) is 6.44. The van der Waals surface area contributed by atoms with Gasteiger partial charge in [-0.3, -0.25) is 0 Å². The van der Waals surface area contributed by atoms with Crippen molar-refractivity contribution in [3.05, 3.63) is 29.8 Å². The molecular weight excluding hydrogens is 208 g/mol. The van der Waals surface area contributed by atoms with E-state index in [4.69, 9.17) is 4.74 Å². The van der Waals surface area contributed by atoms with E-state index in [1.54, 1.807) is 0 Å². The van der Waals surface area contributed by atoms with Crippen LogP contribution in [0.15, 0.2) is 29.4 Å². The standard InChI is InChI=1S/C11H14N2O3/c1-3-16-10-7-5-4-6-9(10)8-12-13-11(14)15-2/h4-8H,3H2,1-2H3,(H,13,14)/b12-8-. The highest BCUT2D eigenvalue weighted by molar-refractivity contribution is 5.84. The minimum Gasteiger partial charge on any atom is -0.493 e. The number of benzene rings is 1. The van der Waals surface area contributed by atoms with Gasteiger partial charge in [0.1, 0.15) is 5.75 Å². The first kappa shape index (κ1) is 12.0. The van der Waals surface area contributed by atoms with Crippen molar-refractivity contribution in [3.63, 3.8) is 0 Å². The molecule has 1 aromatic carbocycles. The molecule has 16 heavy (non-hydrogen) atoms. The smallest absolute Gasteiger partial charge is 0.427 e. The number of nitrogens with one attached hydrogen (secondary N) is 1. The topological polar surface area (TPSA) is 59.9 Å². The van der Waals surface area contributed by atoms with Crippen LogP contribution in [-0.4, -0.2) is 26.0 Å². The van der Waals surface area contributed by atoms with Crippen molar-refractivity contribution in [2.75, 3.05) is 13.7 Å². The van der Waals surface area contributed by atoms with Crippen LogP contribution >= 0.6 is 0 Å². The third-order valence-corrected chi connectivity index (χ3v) is 1.76. The minimum atomic E-state index is -0.606. The van der Waals surface area contributed by atoms with E-state index in [1.807, 2.05) is 31.2 Å². The second-order valence-electron chi connectivity index (χ2n) is 2.83. The van der Waals surface area contributed by atoms with Crippen LogP contribution in [0.3, 0.4) is 0 Å². The Bertz CT molecular complexity index is 377. The van der Waals surface area contributed by atoms with Crippen LogP contribution in [0.2, 0.25) is 0 Å². The molecule has 1 rings (SSSR count). The predicted molar refractivity (Wildman–Crippen MR) is 60.7 cm³/mol. The fourth-order valence-corrected chi connectivity index (χ4v) is 1.07. The monoisotopic (exact) mass is 222 g/mol. The highest BCUT2D eigenvalue weighted by Crippen LogP contribution is 2.15. The first-order valence-electron chi connectivity index (χ1n) is 4.86. The van der Waals surface area contributed by atoms with Crippen molar-refractivity contribution in [2.45, 2.75) is 6.92 Å². The maximum atomic E-state index is 10.7. The second-order valence-corrected chi connectivity index (χ2v) is 2.83. The predicted octanol–water partition coefficient (Wildman–Crippen LogP) is 1.78. The van der Waals surface area contributed by atoms with Gasteiger partial charge in [-0.25, -0.2) is 10.2 Å². The maximum Gasteiger partial charge on any atom is 0.427 e. The first-order chi connectivity index (χ1) is 7.77. The summed E-state index contributed by atoms with van der Waals surface area (Å²) in [6, 6.07) is 7.41. The molecule has 0 saturated carbocycles. The van der Waals surface area contributed by atoms with Crippen LogP contribution in [-0.2, 0) is 4.74 Å². The summed E-state index contributed by atoms with van der Waals surface area (Å²) in [6.07, 6.45) is 0.896. The molecule has 0 fully saturated rings. The van der Waals surface area contributed by atoms with E-state index in [1.165, 1.54) is 13.3 Å². The summed E-state index contributed by atoms with van der Waals surface area (Å²) in [6.45, 7) is 2.48. The lowest BCUT2D eigenvalue weighted by molar-refractivity contribution is 0.171. The van der Waals surface area contributed by atoms with E-state index >= 15 is 0 Å². The van der Waals surface area contributed by atoms with E-state index in [0.717, 1.165) is 11.3 Å². The molecule has 0 bridgehead atoms. The average Bonchev–Trinajstić information content (AvgIpc) is 2.31. The minimum absolute atomic E-state index is 0.579. The molecular formula is C11H14N2O3. The van der Waals surface area contributed by atoms with E-state index < -0.39 is 6.09 Å². The molecule has 5 heteroatoms. The molecule has 1 aromatic rings. The molecule has 0 saturated heterocycles. The van der Waals surface area contributed by atoms with Crippen LogP contribution in [0.5, 0.6) is 5.75 Å². The van der Waals surface area contributed by atoms with Gasteiger partial charge in [-0.05, 0) is 19.1 Å². The molecule has 0 aliphatic heterocycles. The molecule has 0 spiro atoms. The molecule has 0 radical (unpaired) electrons. The number of carbonyl (C=O) groups excluding carboxylic acids is 1. The molecule has 0 atom stereocenters. The number of amides is 1. The van der Waals surface area contributed by atoms with Crippen molar-refractivity contribution in [3.8, 4) is 5.75 Å². The Morgan fingerprint density at radius 3 is 2.94 bits per heavy atom. The number of nitrogens with zero attached hydrogens (tertiary/aromatic N) is 1. The van der Waals surface area contributed by atoms with Gasteiger partial charge in [0, 0.05) is 5.56 Å². The summed E-state index contributed by atoms with van der Waals surface area (Å²) in [5.74, 6) is 0.723. The Morgan fingerprint density at radius 1 is 1.50 bits per heavy atom. The number of carbonyl (C=O) groups is 1. The summed E-state index contributed by atoms with van der Waals surface area (Å²) in [5, 5.41) is 3.73. The fourth-order valence-electron chi connectivity index (χ4n) is 1.07. The maximum absolute atomic E-state index is 10.7. The number of hydrazone groups is 1. The third-order valence-electron chi connectivity index (χ3n) is 1.76. The highest BCUT2D eigenvalue weighted by Gasteiger charge is 1.99. The van der Waals surface area contributed by atoms with Gasteiger partial charge in [0.2, 0.25) is 0 Å². The zero-order valence-electron chi connectivity index (χ0n) is 9.27. The molecule has 0 heterocycles. The van der Waals surface area contributed by atoms with Gasteiger partial charge >= 0.3 is 6.09 Å². The summed E-state index contributed by atoms with van der Waals surface area (Å²) in [5.41, 5.74) is 3.00. The number of para-hydroxylation sites is 1. The van der Waals surface area contributed by atoms with Crippen LogP contribution in [0.4, 0.5) is 4.79 Å². The van der Waals surface area contributed by atoms with Crippen molar-refractivity contribution in [1.82, 2.24) is 5.43 Å². The van der Waals surface area contributed by atoms with Gasteiger partial charge in [-0.1, -0.05) is 12.1 Å². The highest BCUT2D eigenvalue weighted by atomic mass is 16.5. The lowest BCUT2D eigenvalue weighted by Crippen LogP contribution is -2.16. The fraction of sp³-hybridized carbons (Fsp3) is 0.273. The van der Waals surface area contributed by atoms with Crippen LogP contribution in [0.25, 0.3) is 0 Å². The Kier molecular flexibility index (Phi) is 4.85. The summed E-state index contributed by atoms with van der Waals surface area (Å²) >= 11 is 0. The van der Waals surface area contributed by atoms with Gasteiger partial charge in [0.05, 0.1) is 19.9 Å². The quantitative estimate of drug-likeness (QED) is 0.624. The molecule has 0 aliphatic carbocycles. The molecule has 1 amide bonds. The number of rotatable bonds is 4. The lowest BCUT2D eigenvalue weighted by Gasteiger charge is -2.05. The normalized spacial score (nSPS) is 10.1. The van der Waals surface area contributed by atoms with Gasteiger partial charge in [0.15, 0.2) is 0 Å². The van der Waals surface area contributed by atoms with Crippen LogP contribution in [0.1, 0.15) is 12.5 Å². The van der Waals surface area contributed by atoms with Gasteiger partial charge in [0.25, 0.3) is 0 Å². The molecule has 5 nitrogen and oxygen atoms in total. The van der Waals surface area contributed by atoms with E-state index in [9.17, 15) is 4.79 Å². The Hall–Kier alpha value is -2.04. The van der Waals surface area contributed by atoms with Crippen LogP contribution < -0.4 is 10.2 Å². The molecule has 0 unspecified atom stereocenters. The largest absolute Gasteiger partial charge is 0.493 e. The van der Waals surface area contributed by atoms with Crippen molar-refractivity contribution < 1.29 is 14.3 Å². The number of hydrogen-bond acceptors (Lipinski definition) is 4. The van der Waals surface area contributed by atoms with E-state index in [2.05, 4.69) is 15.3 Å². The van der Waals surface area contributed by atoms with Gasteiger partial charge in [-0.15, -0.1) is 0 Å². The van der Waals surface area contributed by atoms with Crippen molar-refractivity contribution >= 4 is 12.3 Å². The first-order valence-corrected chi connectivity index (χ1v) is 4.86. The molecule has 0 aromatic heterocycles.